The minimum atomic E-state index is -0.505. The van der Waals surface area contributed by atoms with E-state index in [1.54, 1.807) is 0 Å². The molecule has 0 aliphatic heterocycles. The summed E-state index contributed by atoms with van der Waals surface area (Å²) >= 11 is 3.44. The zero-order chi connectivity index (χ0) is 14.0. The summed E-state index contributed by atoms with van der Waals surface area (Å²) in [5, 5.41) is 4.83. The van der Waals surface area contributed by atoms with Crippen molar-refractivity contribution in [3.63, 3.8) is 0 Å². The minimum absolute atomic E-state index is 0.444. The van der Waals surface area contributed by atoms with E-state index >= 15 is 0 Å². The first-order chi connectivity index (χ1) is 8.85. The fourth-order valence-corrected chi connectivity index (χ4v) is 2.13. The Balaban J connectivity index is 2.30. The Hall–Kier alpha value is -1.55. The number of nitrogens with one attached hydrogen (secondary N) is 1. The van der Waals surface area contributed by atoms with Crippen LogP contribution in [0, 0.1) is 0 Å². The number of ether oxygens (including phenoxy) is 1. The van der Waals surface area contributed by atoms with Crippen molar-refractivity contribution in [3.8, 4) is 0 Å². The number of anilines is 1. The standard InChI is InChI=1S/C15H16BrNO2/c1-15(2,3)19-14(18)17-13-6-4-5-10-7-8-11(16)9-12(10)13/h4-9H,1-3H3,(H,17,18). The lowest BCUT2D eigenvalue weighted by Crippen LogP contribution is -2.27. The van der Waals surface area contributed by atoms with E-state index in [1.165, 1.54) is 0 Å². The molecule has 2 aromatic carbocycles. The van der Waals surface area contributed by atoms with Gasteiger partial charge in [0, 0.05) is 9.86 Å². The molecule has 0 saturated heterocycles. The molecule has 0 heterocycles. The average Bonchev–Trinajstić information content (AvgIpc) is 2.27. The molecule has 1 amide bonds. The van der Waals surface area contributed by atoms with E-state index in [2.05, 4.69) is 21.2 Å². The number of amides is 1. The number of fused-ring (bicyclic) bond motifs is 1. The molecule has 0 atom stereocenters. The van der Waals surface area contributed by atoms with Crippen molar-refractivity contribution < 1.29 is 9.53 Å². The minimum Gasteiger partial charge on any atom is -0.444 e. The van der Waals surface area contributed by atoms with Crippen molar-refractivity contribution >= 4 is 38.5 Å². The predicted molar refractivity (Wildman–Crippen MR) is 81.5 cm³/mol. The SMILES string of the molecule is CC(C)(C)OC(=O)Nc1cccc2ccc(Br)cc12. The molecule has 100 valence electrons. The van der Waals surface area contributed by atoms with Gasteiger partial charge in [-0.25, -0.2) is 4.79 Å². The molecule has 19 heavy (non-hydrogen) atoms. The molecule has 0 bridgehead atoms. The van der Waals surface area contributed by atoms with Crippen LogP contribution < -0.4 is 5.32 Å². The maximum absolute atomic E-state index is 11.8. The molecule has 0 radical (unpaired) electrons. The Morgan fingerprint density at radius 2 is 1.95 bits per heavy atom. The second-order valence-corrected chi connectivity index (χ2v) is 6.21. The molecule has 0 unspecified atom stereocenters. The summed E-state index contributed by atoms with van der Waals surface area (Å²) in [6.07, 6.45) is -0.444. The van der Waals surface area contributed by atoms with E-state index in [0.29, 0.717) is 0 Å². The monoisotopic (exact) mass is 321 g/mol. The highest BCUT2D eigenvalue weighted by atomic mass is 79.9. The summed E-state index contributed by atoms with van der Waals surface area (Å²) < 4.78 is 6.23. The molecular formula is C15H16BrNO2. The number of hydrogen-bond acceptors (Lipinski definition) is 2. The Morgan fingerprint density at radius 3 is 2.63 bits per heavy atom. The lowest BCUT2D eigenvalue weighted by atomic mass is 10.1. The third-order valence-electron chi connectivity index (χ3n) is 2.48. The Labute approximate surface area is 121 Å². The molecule has 2 rings (SSSR count). The number of hydrogen-bond donors (Lipinski definition) is 1. The van der Waals surface area contributed by atoms with Crippen LogP contribution in [0.4, 0.5) is 10.5 Å². The van der Waals surface area contributed by atoms with Crippen molar-refractivity contribution in [1.82, 2.24) is 0 Å². The molecule has 0 aromatic heterocycles. The van der Waals surface area contributed by atoms with Crippen LogP contribution in [0.1, 0.15) is 20.8 Å². The van der Waals surface area contributed by atoms with Crippen LogP contribution in [0.25, 0.3) is 10.8 Å². The molecule has 0 spiro atoms. The lowest BCUT2D eigenvalue weighted by Gasteiger charge is -2.20. The molecular weight excluding hydrogens is 306 g/mol. The second-order valence-electron chi connectivity index (χ2n) is 5.30. The highest BCUT2D eigenvalue weighted by Gasteiger charge is 2.16. The maximum Gasteiger partial charge on any atom is 0.412 e. The van der Waals surface area contributed by atoms with Gasteiger partial charge in [0.15, 0.2) is 0 Å². The quantitative estimate of drug-likeness (QED) is 0.807. The molecule has 3 nitrogen and oxygen atoms in total. The number of rotatable bonds is 1. The molecule has 0 fully saturated rings. The van der Waals surface area contributed by atoms with E-state index in [-0.39, 0.29) is 0 Å². The van der Waals surface area contributed by atoms with E-state index in [1.807, 2.05) is 57.2 Å². The molecule has 0 aliphatic carbocycles. The number of carbonyl (C=O) groups is 1. The Kier molecular flexibility index (Phi) is 3.80. The van der Waals surface area contributed by atoms with Gasteiger partial charge in [-0.1, -0.05) is 34.1 Å². The summed E-state index contributed by atoms with van der Waals surface area (Å²) in [6.45, 7) is 5.52. The first kappa shape index (κ1) is 13.9. The first-order valence-electron chi connectivity index (χ1n) is 6.03. The first-order valence-corrected chi connectivity index (χ1v) is 6.83. The number of carbonyl (C=O) groups excluding carboxylic acids is 1. The maximum atomic E-state index is 11.8. The Morgan fingerprint density at radius 1 is 1.21 bits per heavy atom. The van der Waals surface area contributed by atoms with E-state index in [0.717, 1.165) is 20.9 Å². The normalized spacial score (nSPS) is 11.4. The fourth-order valence-electron chi connectivity index (χ4n) is 1.77. The summed E-state index contributed by atoms with van der Waals surface area (Å²) in [6, 6.07) is 11.7. The van der Waals surface area contributed by atoms with Gasteiger partial charge in [0.2, 0.25) is 0 Å². The number of benzene rings is 2. The fraction of sp³-hybridized carbons (Fsp3) is 0.267. The van der Waals surface area contributed by atoms with Crippen molar-refractivity contribution in [3.05, 3.63) is 40.9 Å². The highest BCUT2D eigenvalue weighted by Crippen LogP contribution is 2.27. The molecule has 0 saturated carbocycles. The van der Waals surface area contributed by atoms with Crippen molar-refractivity contribution in [2.75, 3.05) is 5.32 Å². The third-order valence-corrected chi connectivity index (χ3v) is 2.97. The summed E-state index contributed by atoms with van der Waals surface area (Å²) in [7, 11) is 0. The largest absolute Gasteiger partial charge is 0.444 e. The van der Waals surface area contributed by atoms with E-state index < -0.39 is 11.7 Å². The molecule has 2 aromatic rings. The summed E-state index contributed by atoms with van der Waals surface area (Å²) in [5.74, 6) is 0. The molecule has 0 aliphatic rings. The lowest BCUT2D eigenvalue weighted by molar-refractivity contribution is 0.0636. The average molecular weight is 322 g/mol. The smallest absolute Gasteiger partial charge is 0.412 e. The summed E-state index contributed by atoms with van der Waals surface area (Å²) in [5.41, 5.74) is 0.239. The van der Waals surface area contributed by atoms with Gasteiger partial charge in [-0.2, -0.15) is 0 Å². The zero-order valence-corrected chi connectivity index (χ0v) is 12.7. The van der Waals surface area contributed by atoms with Crippen LogP contribution in [-0.4, -0.2) is 11.7 Å². The number of halogens is 1. The van der Waals surface area contributed by atoms with Gasteiger partial charge in [-0.05, 0) is 44.4 Å². The van der Waals surface area contributed by atoms with E-state index in [4.69, 9.17) is 4.74 Å². The summed E-state index contributed by atoms with van der Waals surface area (Å²) in [4.78, 5) is 11.8. The van der Waals surface area contributed by atoms with Crippen LogP contribution in [0.5, 0.6) is 0 Å². The van der Waals surface area contributed by atoms with Crippen LogP contribution in [0.15, 0.2) is 40.9 Å². The van der Waals surface area contributed by atoms with Gasteiger partial charge in [0.25, 0.3) is 0 Å². The van der Waals surface area contributed by atoms with Crippen molar-refractivity contribution in [2.45, 2.75) is 26.4 Å². The van der Waals surface area contributed by atoms with Gasteiger partial charge in [-0.15, -0.1) is 0 Å². The van der Waals surface area contributed by atoms with Gasteiger partial charge >= 0.3 is 6.09 Å². The van der Waals surface area contributed by atoms with Crippen molar-refractivity contribution in [1.29, 1.82) is 0 Å². The van der Waals surface area contributed by atoms with Gasteiger partial charge in [-0.3, -0.25) is 5.32 Å². The molecule has 1 N–H and O–H groups in total. The van der Waals surface area contributed by atoms with Crippen LogP contribution >= 0.6 is 15.9 Å². The highest BCUT2D eigenvalue weighted by molar-refractivity contribution is 9.10. The van der Waals surface area contributed by atoms with Gasteiger partial charge < -0.3 is 4.74 Å². The van der Waals surface area contributed by atoms with Crippen LogP contribution in [0.2, 0.25) is 0 Å². The Bertz CT molecular complexity index is 617. The second kappa shape index (κ2) is 5.21. The van der Waals surface area contributed by atoms with Crippen molar-refractivity contribution in [2.24, 2.45) is 0 Å². The van der Waals surface area contributed by atoms with Gasteiger partial charge in [0.05, 0.1) is 5.69 Å². The topological polar surface area (TPSA) is 38.3 Å². The predicted octanol–water partition coefficient (Wildman–Crippen LogP) is 4.95. The van der Waals surface area contributed by atoms with Crippen LogP contribution in [-0.2, 0) is 4.74 Å². The van der Waals surface area contributed by atoms with Gasteiger partial charge in [0.1, 0.15) is 5.60 Å². The van der Waals surface area contributed by atoms with Crippen LogP contribution in [0.3, 0.4) is 0 Å². The molecule has 4 heteroatoms. The third kappa shape index (κ3) is 3.70. The van der Waals surface area contributed by atoms with E-state index in [9.17, 15) is 4.79 Å². The zero-order valence-electron chi connectivity index (χ0n) is 11.2.